The average Bonchev–Trinajstić information content (AvgIpc) is 3.51. The van der Waals surface area contributed by atoms with Gasteiger partial charge in [0.25, 0.3) is 0 Å². The van der Waals surface area contributed by atoms with E-state index in [1.807, 2.05) is 9.42 Å². The number of morpholine rings is 1. The van der Waals surface area contributed by atoms with Gasteiger partial charge in [0, 0.05) is 73.9 Å². The van der Waals surface area contributed by atoms with Crippen LogP contribution >= 0.6 is 0 Å². The minimum Gasteiger partial charge on any atom is -0.398 e. The molecule has 2 aromatic heterocycles. The average molecular weight is 565 g/mol. The van der Waals surface area contributed by atoms with Crippen LogP contribution in [0.25, 0.3) is 5.65 Å². The number of ether oxygens (including phenoxy) is 1. The first-order chi connectivity index (χ1) is 19.6. The summed E-state index contributed by atoms with van der Waals surface area (Å²) in [4.78, 5) is 25.4. The Hall–Kier alpha value is -3.12. The topological polar surface area (TPSA) is 104 Å². The molecular weight excluding hydrogens is 523 g/mol. The third kappa shape index (κ3) is 5.43. The summed E-state index contributed by atoms with van der Waals surface area (Å²) in [6, 6.07) is 7.44. The van der Waals surface area contributed by atoms with Crippen LogP contribution in [0.1, 0.15) is 44.5 Å². The van der Waals surface area contributed by atoms with E-state index in [0.717, 1.165) is 67.5 Å². The molecule has 0 spiro atoms. The molecule has 220 valence electrons. The predicted molar refractivity (Wildman–Crippen MR) is 157 cm³/mol. The summed E-state index contributed by atoms with van der Waals surface area (Å²) >= 11 is 0. The molecule has 0 aliphatic carbocycles. The van der Waals surface area contributed by atoms with E-state index in [4.69, 9.17) is 10.5 Å². The number of pyridine rings is 1. The molecule has 0 bridgehead atoms. The highest BCUT2D eigenvalue weighted by atomic mass is 19.1. The lowest BCUT2D eigenvalue weighted by Gasteiger charge is -2.43. The van der Waals surface area contributed by atoms with Crippen LogP contribution in [0.5, 0.6) is 0 Å². The Balaban J connectivity index is 1.29. The van der Waals surface area contributed by atoms with E-state index in [0.29, 0.717) is 37.3 Å². The monoisotopic (exact) mass is 564 g/mol. The first kappa shape index (κ1) is 28.0. The normalized spacial score (nSPS) is 25.1. The van der Waals surface area contributed by atoms with Crippen molar-refractivity contribution in [3.05, 3.63) is 53.2 Å². The van der Waals surface area contributed by atoms with E-state index in [1.54, 1.807) is 12.4 Å². The van der Waals surface area contributed by atoms with Crippen molar-refractivity contribution in [2.75, 3.05) is 63.1 Å². The maximum absolute atomic E-state index is 14.1. The Kier molecular flexibility index (Phi) is 7.48. The summed E-state index contributed by atoms with van der Waals surface area (Å²) < 4.78 is 21.2. The first-order valence-corrected chi connectivity index (χ1v) is 14.6. The number of amides is 1. The molecule has 3 aliphatic rings. The van der Waals surface area contributed by atoms with Gasteiger partial charge in [-0.05, 0) is 37.6 Å². The van der Waals surface area contributed by atoms with Gasteiger partial charge in [0.15, 0.2) is 5.65 Å². The van der Waals surface area contributed by atoms with Gasteiger partial charge < -0.3 is 20.7 Å². The number of benzene rings is 1. The van der Waals surface area contributed by atoms with Gasteiger partial charge in [-0.25, -0.2) is 13.9 Å². The number of piperazine rings is 1. The zero-order chi connectivity index (χ0) is 28.9. The van der Waals surface area contributed by atoms with Crippen LogP contribution in [0.4, 0.5) is 15.8 Å². The van der Waals surface area contributed by atoms with Crippen molar-refractivity contribution in [3.63, 3.8) is 0 Å². The summed E-state index contributed by atoms with van der Waals surface area (Å²) in [5, 5.41) is 8.19. The van der Waals surface area contributed by atoms with Crippen molar-refractivity contribution in [1.82, 2.24) is 29.7 Å². The van der Waals surface area contributed by atoms with E-state index in [2.05, 4.69) is 59.0 Å². The summed E-state index contributed by atoms with van der Waals surface area (Å²) in [6.07, 6.45) is 2.01. The van der Waals surface area contributed by atoms with E-state index in [-0.39, 0.29) is 23.2 Å². The van der Waals surface area contributed by atoms with Crippen LogP contribution in [0.15, 0.2) is 30.6 Å². The van der Waals surface area contributed by atoms with Crippen LogP contribution in [0.3, 0.4) is 0 Å². The second-order valence-electron chi connectivity index (χ2n) is 12.6. The largest absolute Gasteiger partial charge is 0.398 e. The molecule has 0 saturated carbocycles. The van der Waals surface area contributed by atoms with Crippen molar-refractivity contribution in [2.24, 2.45) is 0 Å². The molecule has 10 nitrogen and oxygen atoms in total. The van der Waals surface area contributed by atoms with Gasteiger partial charge in [0.05, 0.1) is 31.1 Å². The lowest BCUT2D eigenvalue weighted by molar-refractivity contribution is -0.121. The van der Waals surface area contributed by atoms with Gasteiger partial charge in [-0.15, -0.1) is 0 Å². The van der Waals surface area contributed by atoms with Crippen molar-refractivity contribution >= 4 is 22.9 Å². The maximum atomic E-state index is 14.1. The Morgan fingerprint density at radius 3 is 2.83 bits per heavy atom. The maximum Gasteiger partial charge on any atom is 0.241 e. The number of halogens is 1. The van der Waals surface area contributed by atoms with Crippen LogP contribution in [-0.2, 0) is 21.4 Å². The smallest absolute Gasteiger partial charge is 0.241 e. The van der Waals surface area contributed by atoms with Gasteiger partial charge in [0.1, 0.15) is 12.1 Å². The number of hydrogen-bond donors (Lipinski definition) is 2. The molecule has 6 rings (SSSR count). The number of nitrogens with zero attached hydrogens (tertiary/aromatic N) is 6. The number of aromatic nitrogens is 3. The van der Waals surface area contributed by atoms with Crippen molar-refractivity contribution < 1.29 is 13.9 Å². The Bertz CT molecular complexity index is 1440. The van der Waals surface area contributed by atoms with E-state index >= 15 is 0 Å². The zero-order valence-electron chi connectivity index (χ0n) is 24.4. The Labute approximate surface area is 240 Å². The standard InChI is InChI=1S/C30H41FN8O2/c1-19-13-37(24(12-33-19)14-36-7-8-41-16-20(36)2)15-27(40)38-17-30(3,4)28-26(38)10-22(29-34-18-35-39(28)29)9-21-5-6-23(31)11-25(21)32/h5-6,10-11,18-20,24,33H,7-9,12-17,32H2,1-4H3/t19-,20-,24-/m1/s1. The molecule has 3 aromatic rings. The number of carbonyl (C=O) groups is 1. The third-order valence-corrected chi connectivity index (χ3v) is 8.89. The summed E-state index contributed by atoms with van der Waals surface area (Å²) in [7, 11) is 0. The quantitative estimate of drug-likeness (QED) is 0.439. The molecule has 1 amide bonds. The summed E-state index contributed by atoms with van der Waals surface area (Å²) in [5.41, 5.74) is 10.5. The van der Waals surface area contributed by atoms with Crippen LogP contribution in [-0.4, -0.2) is 101 Å². The van der Waals surface area contributed by atoms with Gasteiger partial charge in [0.2, 0.25) is 5.91 Å². The van der Waals surface area contributed by atoms with Crippen LogP contribution in [0.2, 0.25) is 0 Å². The molecule has 2 saturated heterocycles. The highest BCUT2D eigenvalue weighted by molar-refractivity contribution is 5.97. The van der Waals surface area contributed by atoms with Crippen molar-refractivity contribution in [1.29, 1.82) is 0 Å². The number of rotatable bonds is 6. The molecule has 3 N–H and O–H groups in total. The molecule has 3 atom stereocenters. The minimum atomic E-state index is -0.366. The molecule has 3 aliphatic heterocycles. The fourth-order valence-corrected chi connectivity index (χ4v) is 6.68. The second-order valence-corrected chi connectivity index (χ2v) is 12.6. The van der Waals surface area contributed by atoms with Crippen LogP contribution < -0.4 is 16.0 Å². The highest BCUT2D eigenvalue weighted by Crippen LogP contribution is 2.42. The van der Waals surface area contributed by atoms with Crippen molar-refractivity contribution in [2.45, 2.75) is 57.7 Å². The Morgan fingerprint density at radius 2 is 2.05 bits per heavy atom. The molecular formula is C30H41FN8O2. The number of nitrogens with two attached hydrogens (primary N) is 1. The lowest BCUT2D eigenvalue weighted by atomic mass is 9.90. The molecule has 11 heteroatoms. The first-order valence-electron chi connectivity index (χ1n) is 14.6. The second kappa shape index (κ2) is 10.9. The number of nitrogen functional groups attached to an aromatic ring is 1. The number of carbonyl (C=O) groups excluding carboxylic acids is 1. The fraction of sp³-hybridized carbons (Fsp3) is 0.567. The minimum absolute atomic E-state index is 0.0812. The zero-order valence-corrected chi connectivity index (χ0v) is 24.4. The number of anilines is 2. The molecule has 1 aromatic carbocycles. The third-order valence-electron chi connectivity index (χ3n) is 8.89. The number of hydrogen-bond acceptors (Lipinski definition) is 8. The molecule has 0 radical (unpaired) electrons. The highest BCUT2D eigenvalue weighted by Gasteiger charge is 2.42. The van der Waals surface area contributed by atoms with Crippen LogP contribution in [0, 0.1) is 5.82 Å². The lowest BCUT2D eigenvalue weighted by Crippen LogP contribution is -2.62. The van der Waals surface area contributed by atoms with Gasteiger partial charge in [-0.3, -0.25) is 14.6 Å². The van der Waals surface area contributed by atoms with E-state index in [1.165, 1.54) is 12.1 Å². The fourth-order valence-electron chi connectivity index (χ4n) is 6.68. The molecule has 41 heavy (non-hydrogen) atoms. The molecule has 5 heterocycles. The Morgan fingerprint density at radius 1 is 1.22 bits per heavy atom. The van der Waals surface area contributed by atoms with Gasteiger partial charge in [-0.2, -0.15) is 5.10 Å². The SMILES string of the molecule is C[C@@H]1CN(CC(=O)N2CC(C)(C)c3c2cc(Cc2ccc(F)cc2N)c2ncnn32)[C@@H](CN2CCOC[C@H]2C)CN1. The van der Waals surface area contributed by atoms with E-state index in [9.17, 15) is 9.18 Å². The molecule has 0 unspecified atom stereocenters. The molecule has 2 fully saturated rings. The number of nitrogens with one attached hydrogen (secondary N) is 1. The van der Waals surface area contributed by atoms with Gasteiger partial charge >= 0.3 is 0 Å². The van der Waals surface area contributed by atoms with Gasteiger partial charge in [-0.1, -0.05) is 19.9 Å². The van der Waals surface area contributed by atoms with E-state index < -0.39 is 0 Å². The predicted octanol–water partition coefficient (Wildman–Crippen LogP) is 2.05. The number of fused-ring (bicyclic) bond motifs is 3. The summed E-state index contributed by atoms with van der Waals surface area (Å²) in [6.45, 7) is 14.6. The van der Waals surface area contributed by atoms with Crippen molar-refractivity contribution in [3.8, 4) is 0 Å². The summed E-state index contributed by atoms with van der Waals surface area (Å²) in [5.74, 6) is -0.285.